The summed E-state index contributed by atoms with van der Waals surface area (Å²) < 4.78 is 11.6. The quantitative estimate of drug-likeness (QED) is 0.761. The van der Waals surface area contributed by atoms with Crippen LogP contribution in [-0.4, -0.2) is 75.9 Å². The monoisotopic (exact) mass is 375 g/mol. The first-order chi connectivity index (χ1) is 13.1. The Balaban J connectivity index is 1.65. The van der Waals surface area contributed by atoms with Crippen LogP contribution >= 0.6 is 0 Å². The van der Waals surface area contributed by atoms with Crippen LogP contribution in [0.25, 0.3) is 0 Å². The molecule has 2 atom stereocenters. The molecule has 1 saturated heterocycles. The van der Waals surface area contributed by atoms with Gasteiger partial charge in [-0.1, -0.05) is 6.92 Å². The second-order valence-electron chi connectivity index (χ2n) is 7.26. The summed E-state index contributed by atoms with van der Waals surface area (Å²) in [5, 5.41) is 6.74. The molecule has 1 fully saturated rings. The minimum atomic E-state index is 0.294. The summed E-state index contributed by atoms with van der Waals surface area (Å²) in [6.45, 7) is 7.14. The van der Waals surface area contributed by atoms with E-state index in [9.17, 15) is 0 Å². The Morgan fingerprint density at radius 3 is 2.81 bits per heavy atom. The van der Waals surface area contributed by atoms with Gasteiger partial charge in [-0.2, -0.15) is 0 Å². The van der Waals surface area contributed by atoms with Crippen molar-refractivity contribution in [3.8, 4) is 11.5 Å². The van der Waals surface area contributed by atoms with Crippen molar-refractivity contribution in [3.05, 3.63) is 18.2 Å². The Bertz CT molecular complexity index is 651. The van der Waals surface area contributed by atoms with Crippen LogP contribution in [0.3, 0.4) is 0 Å². The summed E-state index contributed by atoms with van der Waals surface area (Å²) in [6.07, 6.45) is 2.50. The van der Waals surface area contributed by atoms with E-state index in [-0.39, 0.29) is 0 Å². The van der Waals surface area contributed by atoms with E-state index in [1.165, 1.54) is 13.0 Å². The number of hydrogen-bond acceptors (Lipinski definition) is 7. The largest absolute Gasteiger partial charge is 0.493 e. The third kappa shape index (κ3) is 4.84. The third-order valence-electron chi connectivity index (χ3n) is 5.51. The predicted octanol–water partition coefficient (Wildman–Crippen LogP) is 2.06. The van der Waals surface area contributed by atoms with Gasteiger partial charge in [0, 0.05) is 44.2 Å². The van der Waals surface area contributed by atoms with Gasteiger partial charge in [0.25, 0.3) is 0 Å². The molecule has 0 amide bonds. The number of benzene rings is 1. The number of ether oxygens (including phenoxy) is 2. The van der Waals surface area contributed by atoms with Gasteiger partial charge in [0.2, 0.25) is 0 Å². The molecule has 0 aromatic heterocycles. The van der Waals surface area contributed by atoms with E-state index in [0.717, 1.165) is 55.8 Å². The molecule has 7 heteroatoms. The number of anilines is 1. The van der Waals surface area contributed by atoms with Crippen LogP contribution in [0.5, 0.6) is 11.5 Å². The molecular weight excluding hydrogens is 342 g/mol. The van der Waals surface area contributed by atoms with Crippen molar-refractivity contribution in [2.24, 2.45) is 10.9 Å². The standard InChI is InChI=1S/C20H33N5O2/c1-5-25-11-9-15(13-25)14-27-18-12-16(6-7-17(18)26-4)23-20-22-10-8-19(21-2)24(20)3/h6-7,12,15,19,21H,5,8-11,13-14H2,1-4H3,(H,22,23)/t15-,19?/m1/s1. The lowest BCUT2D eigenvalue weighted by atomic mass is 10.1. The number of rotatable bonds is 7. The van der Waals surface area contributed by atoms with Crippen molar-refractivity contribution >= 4 is 11.6 Å². The van der Waals surface area contributed by atoms with Crippen LogP contribution in [0.2, 0.25) is 0 Å². The minimum Gasteiger partial charge on any atom is -0.493 e. The van der Waals surface area contributed by atoms with Crippen LogP contribution in [-0.2, 0) is 0 Å². The first-order valence-electron chi connectivity index (χ1n) is 9.89. The minimum absolute atomic E-state index is 0.294. The van der Waals surface area contributed by atoms with Crippen LogP contribution in [0.1, 0.15) is 19.8 Å². The van der Waals surface area contributed by atoms with Crippen LogP contribution in [0.15, 0.2) is 23.2 Å². The highest BCUT2D eigenvalue weighted by Gasteiger charge is 2.23. The zero-order valence-corrected chi connectivity index (χ0v) is 17.0. The van der Waals surface area contributed by atoms with Crippen molar-refractivity contribution in [2.45, 2.75) is 25.9 Å². The summed E-state index contributed by atoms with van der Waals surface area (Å²) in [6, 6.07) is 5.95. The van der Waals surface area contributed by atoms with E-state index >= 15 is 0 Å². The van der Waals surface area contributed by atoms with E-state index in [0.29, 0.717) is 12.1 Å². The van der Waals surface area contributed by atoms with Crippen LogP contribution in [0, 0.1) is 5.92 Å². The topological polar surface area (TPSA) is 61.4 Å². The molecular formula is C20H33N5O2. The number of likely N-dealkylation sites (tertiary alicyclic amines) is 1. The molecule has 2 aliphatic rings. The van der Waals surface area contributed by atoms with E-state index in [1.807, 2.05) is 32.3 Å². The van der Waals surface area contributed by atoms with Gasteiger partial charge in [-0.3, -0.25) is 4.99 Å². The molecule has 27 heavy (non-hydrogen) atoms. The molecule has 1 aromatic carbocycles. The molecule has 2 aliphatic heterocycles. The molecule has 0 aliphatic carbocycles. The molecule has 0 saturated carbocycles. The molecule has 0 spiro atoms. The van der Waals surface area contributed by atoms with E-state index in [1.54, 1.807) is 7.11 Å². The smallest absolute Gasteiger partial charge is 0.199 e. The SMILES string of the molecule is CCN1CC[C@@H](COc2cc(NC3=NCCC(NC)N3C)ccc2OC)C1. The molecule has 2 heterocycles. The molecule has 0 bridgehead atoms. The van der Waals surface area contributed by atoms with Gasteiger partial charge in [0.15, 0.2) is 17.5 Å². The van der Waals surface area contributed by atoms with E-state index in [2.05, 4.69) is 32.3 Å². The molecule has 3 rings (SSSR count). The number of hydrogen-bond donors (Lipinski definition) is 2. The summed E-state index contributed by atoms with van der Waals surface area (Å²) >= 11 is 0. The molecule has 1 unspecified atom stereocenters. The highest BCUT2D eigenvalue weighted by molar-refractivity contribution is 5.94. The Morgan fingerprint density at radius 2 is 2.11 bits per heavy atom. The first-order valence-corrected chi connectivity index (χ1v) is 9.89. The Labute approximate surface area is 162 Å². The normalized spacial score (nSPS) is 23.3. The fraction of sp³-hybridized carbons (Fsp3) is 0.650. The van der Waals surface area contributed by atoms with Crippen molar-refractivity contribution < 1.29 is 9.47 Å². The fourth-order valence-corrected chi connectivity index (χ4v) is 3.75. The van der Waals surface area contributed by atoms with Gasteiger partial charge in [-0.05, 0) is 38.7 Å². The molecule has 7 nitrogen and oxygen atoms in total. The maximum Gasteiger partial charge on any atom is 0.199 e. The molecule has 1 aromatic rings. The number of guanidine groups is 1. The van der Waals surface area contributed by atoms with Crippen LogP contribution in [0.4, 0.5) is 5.69 Å². The Hall–Kier alpha value is -1.99. The molecule has 2 N–H and O–H groups in total. The van der Waals surface area contributed by atoms with Crippen LogP contribution < -0.4 is 20.1 Å². The first kappa shape index (κ1) is 19.8. The lowest BCUT2D eigenvalue weighted by Gasteiger charge is -2.34. The maximum atomic E-state index is 6.15. The number of nitrogens with one attached hydrogen (secondary N) is 2. The van der Waals surface area contributed by atoms with Crippen molar-refractivity contribution in [1.82, 2.24) is 15.1 Å². The van der Waals surface area contributed by atoms with Gasteiger partial charge in [0.1, 0.15) is 0 Å². The zero-order valence-electron chi connectivity index (χ0n) is 17.0. The van der Waals surface area contributed by atoms with Gasteiger partial charge < -0.3 is 29.9 Å². The predicted molar refractivity (Wildman–Crippen MR) is 110 cm³/mol. The van der Waals surface area contributed by atoms with Gasteiger partial charge in [-0.15, -0.1) is 0 Å². The maximum absolute atomic E-state index is 6.15. The molecule has 0 radical (unpaired) electrons. The van der Waals surface area contributed by atoms with Crippen molar-refractivity contribution in [2.75, 3.05) is 59.3 Å². The van der Waals surface area contributed by atoms with E-state index in [4.69, 9.17) is 9.47 Å². The van der Waals surface area contributed by atoms with Gasteiger partial charge in [-0.25, -0.2) is 0 Å². The summed E-state index contributed by atoms with van der Waals surface area (Å²) in [7, 11) is 5.71. The Kier molecular flexibility index (Phi) is 6.79. The van der Waals surface area contributed by atoms with Crippen molar-refractivity contribution in [3.63, 3.8) is 0 Å². The summed E-state index contributed by atoms with van der Waals surface area (Å²) in [5.74, 6) is 2.99. The number of nitrogens with zero attached hydrogens (tertiary/aromatic N) is 3. The zero-order chi connectivity index (χ0) is 19.2. The van der Waals surface area contributed by atoms with E-state index < -0.39 is 0 Å². The van der Waals surface area contributed by atoms with Gasteiger partial charge >= 0.3 is 0 Å². The average Bonchev–Trinajstić information content (AvgIpc) is 3.16. The van der Waals surface area contributed by atoms with Crippen molar-refractivity contribution in [1.29, 1.82) is 0 Å². The average molecular weight is 376 g/mol. The third-order valence-corrected chi connectivity index (χ3v) is 5.51. The second-order valence-corrected chi connectivity index (χ2v) is 7.26. The Morgan fingerprint density at radius 1 is 1.26 bits per heavy atom. The number of aliphatic imine (C=N–C) groups is 1. The summed E-state index contributed by atoms with van der Waals surface area (Å²) in [5.41, 5.74) is 0.953. The number of methoxy groups -OCH3 is 1. The fourth-order valence-electron chi connectivity index (χ4n) is 3.75. The lowest BCUT2D eigenvalue weighted by Crippen LogP contribution is -2.50. The highest BCUT2D eigenvalue weighted by atomic mass is 16.5. The highest BCUT2D eigenvalue weighted by Crippen LogP contribution is 2.31. The lowest BCUT2D eigenvalue weighted by molar-refractivity contribution is 0.234. The van der Waals surface area contributed by atoms with Gasteiger partial charge in [0.05, 0.1) is 19.9 Å². The molecule has 150 valence electrons. The summed E-state index contributed by atoms with van der Waals surface area (Å²) in [4.78, 5) is 9.22. The second kappa shape index (κ2) is 9.28.